The molecule has 0 N–H and O–H groups in total. The van der Waals surface area contributed by atoms with Crippen LogP contribution in [-0.2, 0) is 0 Å². The molecule has 0 amide bonds. The van der Waals surface area contributed by atoms with Gasteiger partial charge in [-0.25, -0.2) is 13.2 Å². The number of halogens is 3. The Labute approximate surface area is 139 Å². The van der Waals surface area contributed by atoms with Crippen LogP contribution in [0, 0.1) is 23.4 Å². The third kappa shape index (κ3) is 2.08. The van der Waals surface area contributed by atoms with Crippen molar-refractivity contribution >= 4 is 0 Å². The summed E-state index contributed by atoms with van der Waals surface area (Å²) in [5.41, 5.74) is 1.86. The highest BCUT2D eigenvalue weighted by Gasteiger charge is 2.35. The lowest BCUT2D eigenvalue weighted by atomic mass is 9.74. The van der Waals surface area contributed by atoms with Gasteiger partial charge in [0.1, 0.15) is 0 Å². The van der Waals surface area contributed by atoms with E-state index in [9.17, 15) is 13.2 Å². The van der Waals surface area contributed by atoms with Crippen LogP contribution in [0.1, 0.15) is 44.1 Å². The van der Waals surface area contributed by atoms with E-state index < -0.39 is 17.5 Å². The molecule has 1 saturated carbocycles. The van der Waals surface area contributed by atoms with E-state index >= 15 is 0 Å². The molecule has 1 nitrogen and oxygen atoms in total. The van der Waals surface area contributed by atoms with Gasteiger partial charge in [0.2, 0.25) is 0 Å². The fourth-order valence-electron chi connectivity index (χ4n) is 4.09. The largest absolute Gasteiger partial charge is 0.494 e. The van der Waals surface area contributed by atoms with Crippen LogP contribution in [0.4, 0.5) is 13.2 Å². The van der Waals surface area contributed by atoms with Crippen LogP contribution in [0.15, 0.2) is 18.2 Å². The molecular weight excluding hydrogens is 313 g/mol. The first-order valence-electron chi connectivity index (χ1n) is 8.42. The predicted octanol–water partition coefficient (Wildman–Crippen LogP) is 6.05. The molecule has 2 aliphatic rings. The maximum absolute atomic E-state index is 14.6. The van der Waals surface area contributed by atoms with Gasteiger partial charge >= 0.3 is 0 Å². The van der Waals surface area contributed by atoms with Crippen LogP contribution in [0.5, 0.6) is 5.75 Å². The van der Waals surface area contributed by atoms with E-state index in [2.05, 4.69) is 6.92 Å². The summed E-state index contributed by atoms with van der Waals surface area (Å²) >= 11 is 0. The van der Waals surface area contributed by atoms with Crippen molar-refractivity contribution < 1.29 is 17.9 Å². The molecule has 0 heterocycles. The zero-order chi connectivity index (χ0) is 17.0. The number of hydrogen-bond acceptors (Lipinski definition) is 1. The molecule has 0 aliphatic heterocycles. The summed E-state index contributed by atoms with van der Waals surface area (Å²) in [6.07, 6.45) is 3.82. The molecule has 2 aliphatic carbocycles. The van der Waals surface area contributed by atoms with Crippen molar-refractivity contribution in [2.24, 2.45) is 5.92 Å². The molecule has 2 aromatic rings. The minimum absolute atomic E-state index is 0.0459. The normalized spacial score (nSPS) is 21.7. The Morgan fingerprint density at radius 1 is 0.875 bits per heavy atom. The monoisotopic (exact) mass is 332 g/mol. The molecule has 0 radical (unpaired) electrons. The SMILES string of the molecule is COc1ccc2c(c1F)-c1c-2cc(C2CCC(C)CC2)c(F)c1F. The average molecular weight is 332 g/mol. The number of benzene rings is 2. The molecule has 4 rings (SSSR count). The fraction of sp³-hybridized carbons (Fsp3) is 0.400. The summed E-state index contributed by atoms with van der Waals surface area (Å²) in [4.78, 5) is 0. The van der Waals surface area contributed by atoms with Gasteiger partial charge in [0, 0.05) is 11.1 Å². The van der Waals surface area contributed by atoms with E-state index in [1.807, 2.05) is 0 Å². The van der Waals surface area contributed by atoms with Crippen molar-refractivity contribution in [2.45, 2.75) is 38.5 Å². The Bertz CT molecular complexity index is 820. The standard InChI is InChI=1S/C20H19F3O/c1-10-3-5-11(6-4-10)13-9-14-12-7-8-15(24-2)19(22)16(12)17(14)20(23)18(13)21/h7-11H,3-6H2,1-2H3. The van der Waals surface area contributed by atoms with Gasteiger partial charge in [-0.05, 0) is 59.6 Å². The molecule has 0 bridgehead atoms. The topological polar surface area (TPSA) is 9.23 Å². The Balaban J connectivity index is 1.80. The van der Waals surface area contributed by atoms with E-state index in [1.165, 1.54) is 13.2 Å². The quantitative estimate of drug-likeness (QED) is 0.555. The number of fused-ring (bicyclic) bond motifs is 4. The molecule has 1 fully saturated rings. The van der Waals surface area contributed by atoms with E-state index in [0.29, 0.717) is 22.6 Å². The number of methoxy groups -OCH3 is 1. The van der Waals surface area contributed by atoms with Gasteiger partial charge in [0.25, 0.3) is 0 Å². The molecule has 0 aromatic heterocycles. The fourth-order valence-corrected chi connectivity index (χ4v) is 4.09. The van der Waals surface area contributed by atoms with Crippen LogP contribution in [0.25, 0.3) is 22.3 Å². The van der Waals surface area contributed by atoms with Gasteiger partial charge in [-0.1, -0.05) is 19.8 Å². The second kappa shape index (κ2) is 5.54. The van der Waals surface area contributed by atoms with Gasteiger partial charge in [-0.15, -0.1) is 0 Å². The Morgan fingerprint density at radius 3 is 2.21 bits per heavy atom. The minimum atomic E-state index is -0.930. The maximum Gasteiger partial charge on any atom is 0.173 e. The van der Waals surface area contributed by atoms with E-state index in [1.54, 1.807) is 12.1 Å². The smallest absolute Gasteiger partial charge is 0.173 e. The number of rotatable bonds is 2. The molecule has 2 aromatic carbocycles. The van der Waals surface area contributed by atoms with Crippen molar-refractivity contribution in [2.75, 3.05) is 7.11 Å². The van der Waals surface area contributed by atoms with Crippen LogP contribution in [0.2, 0.25) is 0 Å². The first kappa shape index (κ1) is 15.6. The molecule has 4 heteroatoms. The molecule has 126 valence electrons. The highest BCUT2D eigenvalue weighted by atomic mass is 19.2. The van der Waals surface area contributed by atoms with Crippen LogP contribution < -0.4 is 4.74 Å². The molecular formula is C20H19F3O. The van der Waals surface area contributed by atoms with Gasteiger partial charge in [-0.2, -0.15) is 0 Å². The van der Waals surface area contributed by atoms with E-state index in [4.69, 9.17) is 4.74 Å². The summed E-state index contributed by atoms with van der Waals surface area (Å²) in [5, 5.41) is 0. The first-order chi connectivity index (χ1) is 11.5. The van der Waals surface area contributed by atoms with Crippen molar-refractivity contribution in [3.05, 3.63) is 41.2 Å². The van der Waals surface area contributed by atoms with Gasteiger partial charge in [0.05, 0.1) is 7.11 Å². The van der Waals surface area contributed by atoms with Crippen LogP contribution in [-0.4, -0.2) is 7.11 Å². The second-order valence-corrected chi connectivity index (χ2v) is 6.98. The van der Waals surface area contributed by atoms with Crippen LogP contribution >= 0.6 is 0 Å². The highest BCUT2D eigenvalue weighted by molar-refractivity contribution is 6.03. The van der Waals surface area contributed by atoms with Crippen molar-refractivity contribution in [3.63, 3.8) is 0 Å². The third-order valence-electron chi connectivity index (χ3n) is 5.56. The first-order valence-corrected chi connectivity index (χ1v) is 8.42. The third-order valence-corrected chi connectivity index (χ3v) is 5.56. The lowest BCUT2D eigenvalue weighted by Gasteiger charge is -2.31. The van der Waals surface area contributed by atoms with Gasteiger partial charge in [0.15, 0.2) is 23.2 Å². The molecule has 0 saturated heterocycles. The number of hydrogen-bond donors (Lipinski definition) is 0. The van der Waals surface area contributed by atoms with Crippen molar-refractivity contribution in [1.82, 2.24) is 0 Å². The Hall–Kier alpha value is -1.97. The van der Waals surface area contributed by atoms with Gasteiger partial charge in [-0.3, -0.25) is 0 Å². The minimum Gasteiger partial charge on any atom is -0.494 e. The summed E-state index contributed by atoms with van der Waals surface area (Å²) in [6, 6.07) is 4.96. The summed E-state index contributed by atoms with van der Waals surface area (Å²) in [6.45, 7) is 2.19. The van der Waals surface area contributed by atoms with Crippen molar-refractivity contribution in [3.8, 4) is 28.0 Å². The van der Waals surface area contributed by atoms with Gasteiger partial charge < -0.3 is 4.74 Å². The molecule has 0 atom stereocenters. The summed E-state index contributed by atoms with van der Waals surface area (Å²) < 4.78 is 48.6. The zero-order valence-electron chi connectivity index (χ0n) is 13.8. The summed E-state index contributed by atoms with van der Waals surface area (Å²) in [7, 11) is 1.36. The van der Waals surface area contributed by atoms with E-state index in [0.717, 1.165) is 25.7 Å². The van der Waals surface area contributed by atoms with Crippen LogP contribution in [0.3, 0.4) is 0 Å². The Morgan fingerprint density at radius 2 is 1.54 bits per heavy atom. The predicted molar refractivity (Wildman–Crippen MR) is 87.7 cm³/mol. The number of ether oxygens (including phenoxy) is 1. The maximum atomic E-state index is 14.6. The van der Waals surface area contributed by atoms with E-state index in [-0.39, 0.29) is 22.8 Å². The van der Waals surface area contributed by atoms with Crippen molar-refractivity contribution in [1.29, 1.82) is 0 Å². The average Bonchev–Trinajstić information content (AvgIpc) is 2.56. The highest BCUT2D eigenvalue weighted by Crippen LogP contribution is 2.53. The Kier molecular flexibility index (Phi) is 3.59. The lowest BCUT2D eigenvalue weighted by molar-refractivity contribution is 0.339. The second-order valence-electron chi connectivity index (χ2n) is 6.98. The molecule has 0 spiro atoms. The lowest BCUT2D eigenvalue weighted by Crippen LogP contribution is -2.15. The molecule has 24 heavy (non-hydrogen) atoms. The molecule has 0 unspecified atom stereocenters. The summed E-state index contributed by atoms with van der Waals surface area (Å²) in [5.74, 6) is -1.64. The zero-order valence-corrected chi connectivity index (χ0v) is 13.8.